The standard InChI is InChI=1S/C15H21N3O4S/c19-15(16-23(20,21)18-9-11-22-12-10-18)13-5-1-2-6-14(13)17-7-3-4-8-17/h1-2,5-6H,3-4,7-12H2,(H,16,19). The molecule has 2 heterocycles. The Bertz CT molecular complexity index is 665. The van der Waals surface area contributed by atoms with Crippen molar-refractivity contribution < 1.29 is 17.9 Å². The van der Waals surface area contributed by atoms with Crippen LogP contribution >= 0.6 is 0 Å². The number of carbonyl (C=O) groups excluding carboxylic acids is 1. The molecule has 2 aliphatic rings. The van der Waals surface area contributed by atoms with Crippen molar-refractivity contribution in [2.75, 3.05) is 44.3 Å². The molecule has 0 saturated carbocycles. The van der Waals surface area contributed by atoms with Gasteiger partial charge < -0.3 is 9.64 Å². The number of amides is 1. The smallest absolute Gasteiger partial charge is 0.304 e. The highest BCUT2D eigenvalue weighted by atomic mass is 32.2. The van der Waals surface area contributed by atoms with Crippen LogP contribution < -0.4 is 9.62 Å². The van der Waals surface area contributed by atoms with Crippen molar-refractivity contribution in [3.8, 4) is 0 Å². The molecule has 1 amide bonds. The van der Waals surface area contributed by atoms with E-state index in [1.807, 2.05) is 12.1 Å². The number of para-hydroxylation sites is 1. The number of nitrogens with one attached hydrogen (secondary N) is 1. The van der Waals surface area contributed by atoms with Crippen LogP contribution in [0.4, 0.5) is 5.69 Å². The van der Waals surface area contributed by atoms with Crippen molar-refractivity contribution >= 4 is 21.8 Å². The highest BCUT2D eigenvalue weighted by Crippen LogP contribution is 2.24. The first-order valence-electron chi connectivity index (χ1n) is 7.82. The van der Waals surface area contributed by atoms with Gasteiger partial charge in [-0.15, -0.1) is 0 Å². The summed E-state index contributed by atoms with van der Waals surface area (Å²) in [4.78, 5) is 14.6. The fourth-order valence-corrected chi connectivity index (χ4v) is 4.03. The molecular weight excluding hydrogens is 318 g/mol. The number of carbonyl (C=O) groups is 1. The van der Waals surface area contributed by atoms with Gasteiger partial charge in [0, 0.05) is 31.9 Å². The first kappa shape index (κ1) is 16.2. The van der Waals surface area contributed by atoms with Crippen LogP contribution in [0.1, 0.15) is 23.2 Å². The van der Waals surface area contributed by atoms with E-state index in [1.165, 1.54) is 4.31 Å². The van der Waals surface area contributed by atoms with Crippen LogP contribution in [-0.2, 0) is 14.9 Å². The Morgan fingerprint density at radius 2 is 1.70 bits per heavy atom. The minimum absolute atomic E-state index is 0.260. The maximum absolute atomic E-state index is 12.5. The Labute approximate surface area is 136 Å². The lowest BCUT2D eigenvalue weighted by atomic mass is 10.1. The molecule has 2 aliphatic heterocycles. The summed E-state index contributed by atoms with van der Waals surface area (Å²) in [6.07, 6.45) is 2.17. The highest BCUT2D eigenvalue weighted by Gasteiger charge is 2.28. The number of morpholine rings is 1. The molecule has 1 N–H and O–H groups in total. The van der Waals surface area contributed by atoms with E-state index in [0.717, 1.165) is 31.6 Å². The molecule has 0 aliphatic carbocycles. The van der Waals surface area contributed by atoms with E-state index in [-0.39, 0.29) is 13.1 Å². The van der Waals surface area contributed by atoms with Crippen molar-refractivity contribution in [1.29, 1.82) is 0 Å². The van der Waals surface area contributed by atoms with E-state index in [1.54, 1.807) is 12.1 Å². The molecule has 126 valence electrons. The molecular formula is C15H21N3O4S. The molecule has 1 aromatic carbocycles. The second-order valence-electron chi connectivity index (χ2n) is 5.66. The van der Waals surface area contributed by atoms with Crippen LogP contribution in [0, 0.1) is 0 Å². The average molecular weight is 339 g/mol. The molecule has 7 nitrogen and oxygen atoms in total. The summed E-state index contributed by atoms with van der Waals surface area (Å²) in [5.41, 5.74) is 1.19. The van der Waals surface area contributed by atoms with E-state index in [9.17, 15) is 13.2 Å². The molecule has 1 aromatic rings. The Kier molecular flexibility index (Phi) is 4.84. The zero-order valence-electron chi connectivity index (χ0n) is 12.9. The van der Waals surface area contributed by atoms with Gasteiger partial charge in [0.15, 0.2) is 0 Å². The van der Waals surface area contributed by atoms with Crippen LogP contribution in [0.25, 0.3) is 0 Å². The van der Waals surface area contributed by atoms with E-state index in [2.05, 4.69) is 9.62 Å². The molecule has 2 saturated heterocycles. The maximum Gasteiger partial charge on any atom is 0.304 e. The van der Waals surface area contributed by atoms with Crippen molar-refractivity contribution in [1.82, 2.24) is 9.03 Å². The summed E-state index contributed by atoms with van der Waals surface area (Å²) in [7, 11) is -3.84. The molecule has 0 atom stereocenters. The van der Waals surface area contributed by atoms with E-state index < -0.39 is 16.1 Å². The van der Waals surface area contributed by atoms with Gasteiger partial charge in [0.2, 0.25) is 0 Å². The lowest BCUT2D eigenvalue weighted by Gasteiger charge is -2.26. The van der Waals surface area contributed by atoms with Crippen molar-refractivity contribution in [2.24, 2.45) is 0 Å². The number of hydrogen-bond acceptors (Lipinski definition) is 5. The highest BCUT2D eigenvalue weighted by molar-refractivity contribution is 7.87. The third-order valence-electron chi connectivity index (χ3n) is 4.13. The summed E-state index contributed by atoms with van der Waals surface area (Å²) in [5.74, 6) is -0.584. The fraction of sp³-hybridized carbons (Fsp3) is 0.533. The first-order valence-corrected chi connectivity index (χ1v) is 9.26. The Morgan fingerprint density at radius 3 is 2.39 bits per heavy atom. The number of benzene rings is 1. The second-order valence-corrected chi connectivity index (χ2v) is 7.33. The third-order valence-corrected chi connectivity index (χ3v) is 5.62. The van der Waals surface area contributed by atoms with Crippen molar-refractivity contribution in [3.05, 3.63) is 29.8 Å². The van der Waals surface area contributed by atoms with Gasteiger partial charge in [-0.05, 0) is 25.0 Å². The first-order chi connectivity index (χ1) is 11.1. The fourth-order valence-electron chi connectivity index (χ4n) is 2.92. The lowest BCUT2D eigenvalue weighted by Crippen LogP contribution is -2.48. The lowest BCUT2D eigenvalue weighted by molar-refractivity contribution is 0.0719. The minimum atomic E-state index is -3.84. The van der Waals surface area contributed by atoms with Gasteiger partial charge in [0.25, 0.3) is 5.91 Å². The SMILES string of the molecule is O=C(NS(=O)(=O)N1CCOCC1)c1ccccc1N1CCCC1. The van der Waals surface area contributed by atoms with Gasteiger partial charge in [-0.1, -0.05) is 12.1 Å². The van der Waals surface area contributed by atoms with Crippen LogP contribution in [0.15, 0.2) is 24.3 Å². The van der Waals surface area contributed by atoms with Gasteiger partial charge in [-0.25, -0.2) is 4.72 Å². The van der Waals surface area contributed by atoms with E-state index >= 15 is 0 Å². The Morgan fingerprint density at radius 1 is 1.04 bits per heavy atom. The largest absolute Gasteiger partial charge is 0.379 e. The number of anilines is 1. The molecule has 0 spiro atoms. The third kappa shape index (κ3) is 3.65. The van der Waals surface area contributed by atoms with E-state index in [4.69, 9.17) is 4.74 Å². The minimum Gasteiger partial charge on any atom is -0.379 e. The quantitative estimate of drug-likeness (QED) is 0.869. The van der Waals surface area contributed by atoms with Gasteiger partial charge in [-0.3, -0.25) is 4.79 Å². The molecule has 8 heteroatoms. The Hall–Kier alpha value is -1.64. The summed E-state index contributed by atoms with van der Waals surface area (Å²) >= 11 is 0. The van der Waals surface area contributed by atoms with Crippen LogP contribution in [0.2, 0.25) is 0 Å². The van der Waals surface area contributed by atoms with E-state index in [0.29, 0.717) is 18.8 Å². The monoisotopic (exact) mass is 339 g/mol. The number of nitrogens with zero attached hydrogens (tertiary/aromatic N) is 2. The second kappa shape index (κ2) is 6.86. The van der Waals surface area contributed by atoms with Gasteiger partial charge in [0.05, 0.1) is 18.8 Å². The molecule has 23 heavy (non-hydrogen) atoms. The molecule has 0 unspecified atom stereocenters. The van der Waals surface area contributed by atoms with Crippen LogP contribution in [0.5, 0.6) is 0 Å². The van der Waals surface area contributed by atoms with Gasteiger partial charge in [0.1, 0.15) is 0 Å². The molecule has 3 rings (SSSR count). The average Bonchev–Trinajstić information content (AvgIpc) is 3.09. The molecule has 0 radical (unpaired) electrons. The summed E-state index contributed by atoms with van der Waals surface area (Å²) < 4.78 is 33.2. The summed E-state index contributed by atoms with van der Waals surface area (Å²) in [6, 6.07) is 7.14. The van der Waals surface area contributed by atoms with Gasteiger partial charge in [-0.2, -0.15) is 12.7 Å². The summed E-state index contributed by atoms with van der Waals surface area (Å²) in [5, 5.41) is 0. The zero-order valence-corrected chi connectivity index (χ0v) is 13.7. The molecule has 2 fully saturated rings. The topological polar surface area (TPSA) is 79.0 Å². The predicted molar refractivity (Wildman–Crippen MR) is 86.7 cm³/mol. The number of rotatable bonds is 4. The maximum atomic E-state index is 12.5. The predicted octanol–water partition coefficient (Wildman–Crippen LogP) is 0.594. The van der Waals surface area contributed by atoms with Gasteiger partial charge >= 0.3 is 10.2 Å². The number of hydrogen-bond donors (Lipinski definition) is 1. The zero-order chi connectivity index (χ0) is 16.3. The van der Waals surface area contributed by atoms with Crippen molar-refractivity contribution in [3.63, 3.8) is 0 Å². The summed E-state index contributed by atoms with van der Waals surface area (Å²) in [6.45, 7) is 2.99. The number of ether oxygens (including phenoxy) is 1. The molecule has 0 aromatic heterocycles. The van der Waals surface area contributed by atoms with Crippen LogP contribution in [0.3, 0.4) is 0 Å². The normalized spacial score (nSPS) is 19.7. The van der Waals surface area contributed by atoms with Crippen molar-refractivity contribution in [2.45, 2.75) is 12.8 Å². The van der Waals surface area contributed by atoms with Crippen LogP contribution in [-0.4, -0.2) is 58.0 Å². The Balaban J connectivity index is 1.78. The molecule has 0 bridgehead atoms.